The van der Waals surface area contributed by atoms with Crippen LogP contribution in [0.1, 0.15) is 16.1 Å². The van der Waals surface area contributed by atoms with Gasteiger partial charge >= 0.3 is 0 Å². The van der Waals surface area contributed by atoms with E-state index >= 15 is 0 Å². The maximum absolute atomic E-state index is 11.7. The van der Waals surface area contributed by atoms with Crippen molar-refractivity contribution in [1.29, 1.82) is 0 Å². The van der Waals surface area contributed by atoms with Crippen LogP contribution in [-0.2, 0) is 6.61 Å². The predicted octanol–water partition coefficient (Wildman–Crippen LogP) is 6.15. The lowest BCUT2D eigenvalue weighted by molar-refractivity contribution is 0.112. The van der Waals surface area contributed by atoms with Crippen LogP contribution in [-0.4, -0.2) is 16.4 Å². The largest absolute Gasteiger partial charge is 0.507 e. The summed E-state index contributed by atoms with van der Waals surface area (Å²) in [7, 11) is 0. The zero-order chi connectivity index (χ0) is 21.2. The highest BCUT2D eigenvalue weighted by atomic mass is 16.5. The zero-order valence-electron chi connectivity index (χ0n) is 16.7. The molecule has 0 amide bonds. The minimum atomic E-state index is -0.0484. The van der Waals surface area contributed by atoms with Gasteiger partial charge in [0.25, 0.3) is 0 Å². The number of phenolic OH excluding ortho intramolecular Hbond substituents is 1. The molecule has 0 atom stereocenters. The predicted molar refractivity (Wildman–Crippen MR) is 123 cm³/mol. The maximum Gasteiger partial charge on any atom is 0.153 e. The lowest BCUT2D eigenvalue weighted by atomic mass is 9.90. The highest BCUT2D eigenvalue weighted by Crippen LogP contribution is 2.46. The van der Waals surface area contributed by atoms with Gasteiger partial charge in [-0.05, 0) is 45.8 Å². The van der Waals surface area contributed by atoms with E-state index in [9.17, 15) is 9.90 Å². The number of carbonyl (C=O) groups is 1. The quantitative estimate of drug-likeness (QED) is 0.356. The number of rotatable bonds is 5. The van der Waals surface area contributed by atoms with Crippen molar-refractivity contribution in [3.8, 4) is 22.6 Å². The number of benzene rings is 4. The third kappa shape index (κ3) is 3.38. The summed E-state index contributed by atoms with van der Waals surface area (Å²) >= 11 is 0. The van der Waals surface area contributed by atoms with E-state index in [-0.39, 0.29) is 17.9 Å². The molecule has 0 saturated heterocycles. The van der Waals surface area contributed by atoms with Gasteiger partial charge in [0.1, 0.15) is 18.1 Å². The number of nitrogens with zero attached hydrogens (tertiary/aromatic N) is 1. The normalized spacial score (nSPS) is 11.0. The number of pyridine rings is 1. The van der Waals surface area contributed by atoms with Gasteiger partial charge in [0.05, 0.1) is 11.3 Å². The van der Waals surface area contributed by atoms with Gasteiger partial charge in [0, 0.05) is 17.3 Å². The van der Waals surface area contributed by atoms with Crippen LogP contribution >= 0.6 is 0 Å². The molecule has 0 aliphatic carbocycles. The molecule has 5 aromatic rings. The minimum absolute atomic E-state index is 0.0484. The fourth-order valence-corrected chi connectivity index (χ4v) is 3.97. The number of aromatic hydroxyl groups is 1. The van der Waals surface area contributed by atoms with Crippen molar-refractivity contribution in [1.82, 2.24) is 4.98 Å². The molecule has 0 aliphatic heterocycles. The van der Waals surface area contributed by atoms with Crippen molar-refractivity contribution in [2.75, 3.05) is 0 Å². The molecule has 5 rings (SSSR count). The fourth-order valence-electron chi connectivity index (χ4n) is 3.97. The highest BCUT2D eigenvalue weighted by Gasteiger charge is 2.20. The van der Waals surface area contributed by atoms with E-state index in [2.05, 4.69) is 4.98 Å². The second-order valence-corrected chi connectivity index (χ2v) is 7.30. The fraction of sp³-hybridized carbons (Fsp3) is 0.0370. The van der Waals surface area contributed by atoms with Crippen LogP contribution in [0.4, 0.5) is 0 Å². The van der Waals surface area contributed by atoms with Crippen LogP contribution in [0.3, 0.4) is 0 Å². The molecule has 1 heterocycles. The minimum Gasteiger partial charge on any atom is -0.507 e. The van der Waals surface area contributed by atoms with Crippen LogP contribution in [0.15, 0.2) is 91.1 Å². The first-order valence-corrected chi connectivity index (χ1v) is 10.0. The molecule has 31 heavy (non-hydrogen) atoms. The topological polar surface area (TPSA) is 59.4 Å². The molecule has 0 fully saturated rings. The molecule has 1 N–H and O–H groups in total. The van der Waals surface area contributed by atoms with Crippen LogP contribution in [0.5, 0.6) is 11.5 Å². The third-order valence-electron chi connectivity index (χ3n) is 5.42. The maximum atomic E-state index is 11.7. The Hall–Kier alpha value is -4.18. The first-order valence-electron chi connectivity index (χ1n) is 10.0. The summed E-state index contributed by atoms with van der Waals surface area (Å²) in [5.74, 6) is 0.570. The van der Waals surface area contributed by atoms with E-state index < -0.39 is 0 Å². The number of fused-ring (bicyclic) bond motifs is 2. The van der Waals surface area contributed by atoms with Gasteiger partial charge in [0.2, 0.25) is 0 Å². The summed E-state index contributed by atoms with van der Waals surface area (Å²) in [6.07, 6.45) is 2.41. The molecule has 0 unspecified atom stereocenters. The Morgan fingerprint density at radius 2 is 1.52 bits per heavy atom. The second kappa shape index (κ2) is 7.92. The standard InChI is InChI=1S/C27H19NO3/c29-16-20-15-19-8-2-4-11-23(19)26(27(20)30)25-22-10-3-1-7-18(22)12-13-24(25)31-17-21-9-5-6-14-28-21/h1-16,30H,17H2. The van der Waals surface area contributed by atoms with Gasteiger partial charge in [0.15, 0.2) is 6.29 Å². The van der Waals surface area contributed by atoms with Crippen LogP contribution in [0.25, 0.3) is 32.7 Å². The van der Waals surface area contributed by atoms with Gasteiger partial charge < -0.3 is 9.84 Å². The lowest BCUT2D eigenvalue weighted by Gasteiger charge is -2.18. The first-order chi connectivity index (χ1) is 15.3. The molecule has 4 aromatic carbocycles. The van der Waals surface area contributed by atoms with Crippen molar-refractivity contribution in [3.63, 3.8) is 0 Å². The number of phenols is 1. The van der Waals surface area contributed by atoms with E-state index in [0.29, 0.717) is 17.6 Å². The van der Waals surface area contributed by atoms with E-state index in [4.69, 9.17) is 4.74 Å². The molecule has 0 saturated carbocycles. The van der Waals surface area contributed by atoms with Gasteiger partial charge in [-0.1, -0.05) is 60.7 Å². The number of hydrogen-bond acceptors (Lipinski definition) is 4. The summed E-state index contributed by atoms with van der Waals surface area (Å²) in [6, 6.07) is 27.0. The molecule has 1 aromatic heterocycles. The van der Waals surface area contributed by atoms with Gasteiger partial charge in [-0.25, -0.2) is 0 Å². The molecule has 4 nitrogen and oxygen atoms in total. The summed E-state index contributed by atoms with van der Waals surface area (Å²) in [5.41, 5.74) is 2.40. The first kappa shape index (κ1) is 18.8. The molecule has 4 heteroatoms. The van der Waals surface area contributed by atoms with Crippen LogP contribution in [0.2, 0.25) is 0 Å². The number of ether oxygens (including phenoxy) is 1. The van der Waals surface area contributed by atoms with Crippen molar-refractivity contribution >= 4 is 27.8 Å². The lowest BCUT2D eigenvalue weighted by Crippen LogP contribution is -2.00. The Morgan fingerprint density at radius 3 is 2.26 bits per heavy atom. The monoisotopic (exact) mass is 405 g/mol. The Morgan fingerprint density at radius 1 is 0.806 bits per heavy atom. The highest BCUT2D eigenvalue weighted by molar-refractivity contribution is 6.11. The summed E-state index contributed by atoms with van der Waals surface area (Å²) < 4.78 is 6.20. The van der Waals surface area contributed by atoms with Crippen LogP contribution < -0.4 is 4.74 Å². The van der Waals surface area contributed by atoms with Crippen molar-refractivity contribution in [2.45, 2.75) is 6.61 Å². The van der Waals surface area contributed by atoms with Gasteiger partial charge in [-0.15, -0.1) is 0 Å². The molecule has 0 spiro atoms. The summed E-state index contributed by atoms with van der Waals surface area (Å²) in [4.78, 5) is 16.0. The van der Waals surface area contributed by atoms with Crippen molar-refractivity contribution in [2.24, 2.45) is 0 Å². The van der Waals surface area contributed by atoms with Crippen molar-refractivity contribution in [3.05, 3.63) is 102 Å². The smallest absolute Gasteiger partial charge is 0.153 e. The van der Waals surface area contributed by atoms with E-state index in [1.807, 2.05) is 78.9 Å². The number of aldehydes is 1. The summed E-state index contributed by atoms with van der Waals surface area (Å²) in [6.45, 7) is 0.290. The molecule has 150 valence electrons. The molecular formula is C27H19NO3. The number of carbonyl (C=O) groups excluding carboxylic acids is 1. The van der Waals surface area contributed by atoms with Crippen molar-refractivity contribution < 1.29 is 14.6 Å². The number of aromatic nitrogens is 1. The Balaban J connectivity index is 1.79. The van der Waals surface area contributed by atoms with Crippen LogP contribution in [0, 0.1) is 0 Å². The Labute approximate surface area is 179 Å². The van der Waals surface area contributed by atoms with E-state index in [1.165, 1.54) is 0 Å². The zero-order valence-corrected chi connectivity index (χ0v) is 16.7. The molecule has 0 radical (unpaired) electrons. The van der Waals surface area contributed by atoms with Gasteiger partial charge in [-0.3, -0.25) is 9.78 Å². The SMILES string of the molecule is O=Cc1cc2ccccc2c(-c2c(OCc3ccccn3)ccc3ccccc23)c1O. The Kier molecular flexibility index (Phi) is 4.81. The molecular weight excluding hydrogens is 386 g/mol. The van der Waals surface area contributed by atoms with E-state index in [1.54, 1.807) is 12.3 Å². The van der Waals surface area contributed by atoms with E-state index in [0.717, 1.165) is 32.8 Å². The average molecular weight is 405 g/mol. The summed E-state index contributed by atoms with van der Waals surface area (Å²) in [5, 5.41) is 14.8. The van der Waals surface area contributed by atoms with Gasteiger partial charge in [-0.2, -0.15) is 0 Å². The third-order valence-corrected chi connectivity index (χ3v) is 5.42. The Bertz CT molecular complexity index is 1410. The second-order valence-electron chi connectivity index (χ2n) is 7.30. The molecule has 0 aliphatic rings. The molecule has 0 bridgehead atoms. The number of hydrogen-bond donors (Lipinski definition) is 1. The average Bonchev–Trinajstić information content (AvgIpc) is 2.83.